The van der Waals surface area contributed by atoms with Gasteiger partial charge in [0.25, 0.3) is 0 Å². The van der Waals surface area contributed by atoms with Gasteiger partial charge in [0.15, 0.2) is 0 Å². The van der Waals surface area contributed by atoms with Crippen LogP contribution in [0.4, 0.5) is 0 Å². The van der Waals surface area contributed by atoms with E-state index in [9.17, 15) is 0 Å². The second-order valence-electron chi connectivity index (χ2n) is 4.25. The Hall–Kier alpha value is -1.71. The van der Waals surface area contributed by atoms with Crippen molar-refractivity contribution in [3.05, 3.63) is 29.8 Å². The van der Waals surface area contributed by atoms with Gasteiger partial charge in [-0.25, -0.2) is 0 Å². The van der Waals surface area contributed by atoms with Gasteiger partial charge in [0, 0.05) is 5.41 Å². The fourth-order valence-electron chi connectivity index (χ4n) is 1.99. The molecular weight excluding hydrogens is 204 g/mol. The van der Waals surface area contributed by atoms with Crippen LogP contribution >= 0.6 is 0 Å². The van der Waals surface area contributed by atoms with Crippen molar-refractivity contribution >= 4 is 5.84 Å². The summed E-state index contributed by atoms with van der Waals surface area (Å²) in [7, 11) is 1.65. The molecule has 1 aliphatic rings. The van der Waals surface area contributed by atoms with Crippen LogP contribution in [0.3, 0.4) is 0 Å². The van der Waals surface area contributed by atoms with Gasteiger partial charge in [0.2, 0.25) is 0 Å². The lowest BCUT2D eigenvalue weighted by atomic mass is 9.95. The first-order chi connectivity index (χ1) is 7.72. The van der Waals surface area contributed by atoms with Crippen LogP contribution in [0.25, 0.3) is 0 Å². The molecule has 1 aromatic rings. The zero-order valence-corrected chi connectivity index (χ0v) is 9.31. The number of nitrogens with two attached hydrogens (primary N) is 1. The summed E-state index contributed by atoms with van der Waals surface area (Å²) in [5, 5.41) is 11.9. The summed E-state index contributed by atoms with van der Waals surface area (Å²) in [4.78, 5) is 0. The Morgan fingerprint density at radius 3 is 2.75 bits per heavy atom. The van der Waals surface area contributed by atoms with Crippen LogP contribution in [0.5, 0.6) is 5.75 Å². The average molecular weight is 220 g/mol. The van der Waals surface area contributed by atoms with E-state index in [0.29, 0.717) is 5.84 Å². The summed E-state index contributed by atoms with van der Waals surface area (Å²) in [6, 6.07) is 7.85. The lowest BCUT2D eigenvalue weighted by Crippen LogP contribution is -2.27. The van der Waals surface area contributed by atoms with Crippen LogP contribution in [0.1, 0.15) is 18.4 Å². The molecule has 0 unspecified atom stereocenters. The van der Waals surface area contributed by atoms with Crippen molar-refractivity contribution in [2.24, 2.45) is 16.3 Å². The molecule has 2 rings (SSSR count). The van der Waals surface area contributed by atoms with E-state index >= 15 is 0 Å². The Labute approximate surface area is 94.7 Å². The lowest BCUT2D eigenvalue weighted by Gasteiger charge is -2.15. The van der Waals surface area contributed by atoms with E-state index in [-0.39, 0.29) is 5.41 Å². The Morgan fingerprint density at radius 2 is 2.19 bits per heavy atom. The monoisotopic (exact) mass is 220 g/mol. The van der Waals surface area contributed by atoms with Crippen LogP contribution in [-0.4, -0.2) is 18.2 Å². The van der Waals surface area contributed by atoms with Crippen LogP contribution < -0.4 is 10.5 Å². The van der Waals surface area contributed by atoms with Gasteiger partial charge < -0.3 is 15.7 Å². The van der Waals surface area contributed by atoms with Crippen molar-refractivity contribution in [3.8, 4) is 5.75 Å². The minimum absolute atomic E-state index is 0.149. The number of hydrogen-bond acceptors (Lipinski definition) is 3. The molecule has 0 amide bonds. The smallest absolute Gasteiger partial charge is 0.145 e. The minimum atomic E-state index is -0.149. The van der Waals surface area contributed by atoms with E-state index in [2.05, 4.69) is 5.16 Å². The van der Waals surface area contributed by atoms with E-state index in [4.69, 9.17) is 15.7 Å². The third-order valence-electron chi connectivity index (χ3n) is 3.23. The molecule has 0 bridgehead atoms. The van der Waals surface area contributed by atoms with Crippen LogP contribution in [0.15, 0.2) is 29.4 Å². The van der Waals surface area contributed by atoms with Crippen molar-refractivity contribution in [3.63, 3.8) is 0 Å². The highest BCUT2D eigenvalue weighted by Crippen LogP contribution is 2.49. The van der Waals surface area contributed by atoms with Crippen LogP contribution in [-0.2, 0) is 6.42 Å². The number of benzene rings is 1. The molecule has 0 radical (unpaired) electrons. The molecule has 0 atom stereocenters. The number of para-hydroxylation sites is 1. The van der Waals surface area contributed by atoms with Crippen molar-refractivity contribution in [2.45, 2.75) is 19.3 Å². The second-order valence-corrected chi connectivity index (χ2v) is 4.25. The highest BCUT2D eigenvalue weighted by molar-refractivity contribution is 5.88. The fraction of sp³-hybridized carbons (Fsp3) is 0.417. The first-order valence-corrected chi connectivity index (χ1v) is 5.32. The quantitative estimate of drug-likeness (QED) is 0.351. The molecule has 0 aliphatic heterocycles. The molecule has 0 saturated heterocycles. The molecular formula is C12H16N2O2. The number of oxime groups is 1. The molecule has 4 nitrogen and oxygen atoms in total. The maximum atomic E-state index is 8.75. The Kier molecular flexibility index (Phi) is 2.73. The molecule has 86 valence electrons. The number of nitrogens with zero attached hydrogens (tertiary/aromatic N) is 1. The molecule has 1 aliphatic carbocycles. The summed E-state index contributed by atoms with van der Waals surface area (Å²) in [6.45, 7) is 0. The lowest BCUT2D eigenvalue weighted by molar-refractivity contribution is 0.312. The third kappa shape index (κ3) is 1.83. The number of ether oxygens (including phenoxy) is 1. The Bertz CT molecular complexity index is 411. The van der Waals surface area contributed by atoms with Crippen molar-refractivity contribution in [2.75, 3.05) is 7.11 Å². The fourth-order valence-corrected chi connectivity index (χ4v) is 1.99. The van der Waals surface area contributed by atoms with Gasteiger partial charge in [-0.05, 0) is 30.9 Å². The Morgan fingerprint density at radius 1 is 1.50 bits per heavy atom. The molecule has 16 heavy (non-hydrogen) atoms. The molecule has 1 aromatic carbocycles. The molecule has 0 spiro atoms. The molecule has 3 N–H and O–H groups in total. The van der Waals surface area contributed by atoms with Gasteiger partial charge in [0.05, 0.1) is 7.11 Å². The minimum Gasteiger partial charge on any atom is -0.496 e. The summed E-state index contributed by atoms with van der Waals surface area (Å²) in [5.74, 6) is 1.19. The van der Waals surface area contributed by atoms with Gasteiger partial charge in [-0.15, -0.1) is 0 Å². The van der Waals surface area contributed by atoms with E-state index in [1.807, 2.05) is 24.3 Å². The van der Waals surface area contributed by atoms with E-state index in [0.717, 1.165) is 30.6 Å². The molecule has 1 fully saturated rings. The predicted molar refractivity (Wildman–Crippen MR) is 61.8 cm³/mol. The maximum Gasteiger partial charge on any atom is 0.145 e. The van der Waals surface area contributed by atoms with Gasteiger partial charge in [0.1, 0.15) is 11.6 Å². The molecule has 0 heterocycles. The van der Waals surface area contributed by atoms with E-state index < -0.39 is 0 Å². The number of rotatable bonds is 4. The first kappa shape index (κ1) is 10.8. The molecule has 1 saturated carbocycles. The van der Waals surface area contributed by atoms with Crippen molar-refractivity contribution in [1.29, 1.82) is 0 Å². The summed E-state index contributed by atoms with van der Waals surface area (Å²) >= 11 is 0. The topological polar surface area (TPSA) is 67.8 Å². The SMILES string of the molecule is COc1ccccc1CC1(C(N)=NO)CC1. The van der Waals surface area contributed by atoms with Gasteiger partial charge in [-0.2, -0.15) is 0 Å². The molecule has 4 heteroatoms. The number of amidine groups is 1. The highest BCUT2D eigenvalue weighted by Gasteiger charge is 2.47. The summed E-state index contributed by atoms with van der Waals surface area (Å²) in [6.07, 6.45) is 2.72. The number of hydrogen-bond donors (Lipinski definition) is 2. The average Bonchev–Trinajstić information content (AvgIpc) is 3.10. The van der Waals surface area contributed by atoms with E-state index in [1.165, 1.54) is 0 Å². The van der Waals surface area contributed by atoms with Crippen molar-refractivity contribution in [1.82, 2.24) is 0 Å². The van der Waals surface area contributed by atoms with Crippen molar-refractivity contribution < 1.29 is 9.94 Å². The number of methoxy groups -OCH3 is 1. The van der Waals surface area contributed by atoms with Gasteiger partial charge in [-0.1, -0.05) is 23.4 Å². The largest absolute Gasteiger partial charge is 0.496 e. The van der Waals surface area contributed by atoms with E-state index in [1.54, 1.807) is 7.11 Å². The third-order valence-corrected chi connectivity index (χ3v) is 3.23. The zero-order valence-electron chi connectivity index (χ0n) is 9.31. The maximum absolute atomic E-state index is 8.75. The Balaban J connectivity index is 2.21. The normalized spacial score (nSPS) is 18.2. The van der Waals surface area contributed by atoms with Gasteiger partial charge in [-0.3, -0.25) is 0 Å². The van der Waals surface area contributed by atoms with Crippen LogP contribution in [0, 0.1) is 5.41 Å². The van der Waals surface area contributed by atoms with Gasteiger partial charge >= 0.3 is 0 Å². The zero-order chi connectivity index (χ0) is 11.6. The first-order valence-electron chi connectivity index (χ1n) is 5.32. The van der Waals surface area contributed by atoms with Crippen LogP contribution in [0.2, 0.25) is 0 Å². The summed E-state index contributed by atoms with van der Waals surface area (Å²) in [5.41, 5.74) is 6.67. The second kappa shape index (κ2) is 4.04. The molecule has 0 aromatic heterocycles. The highest BCUT2D eigenvalue weighted by atomic mass is 16.5. The summed E-state index contributed by atoms with van der Waals surface area (Å²) < 4.78 is 5.29. The standard InChI is InChI=1S/C12H16N2O2/c1-16-10-5-3-2-4-9(10)8-12(6-7-12)11(13)14-15/h2-5,15H,6-8H2,1H3,(H2,13,14). The predicted octanol–water partition coefficient (Wildman–Crippen LogP) is 1.76.